The highest BCUT2D eigenvalue weighted by atomic mass is 32.1. The Morgan fingerprint density at radius 2 is 2.00 bits per heavy atom. The minimum atomic E-state index is -1.11. The third-order valence-electron chi connectivity index (χ3n) is 4.02. The van der Waals surface area contributed by atoms with E-state index in [2.05, 4.69) is 19.7 Å². The summed E-state index contributed by atoms with van der Waals surface area (Å²) < 4.78 is 4.24. The molecule has 142 valence electrons. The Balaban J connectivity index is 1.89. The number of nitrogens with one attached hydrogen (secondary N) is 1. The Kier molecular flexibility index (Phi) is 5.85. The number of carbonyl (C=O) groups excluding carboxylic acids is 3. The van der Waals surface area contributed by atoms with E-state index < -0.39 is 23.6 Å². The Bertz CT molecular complexity index is 1000. The summed E-state index contributed by atoms with van der Waals surface area (Å²) in [6.45, 7) is 1.78. The smallest absolute Gasteiger partial charge is 0.287 e. The van der Waals surface area contributed by atoms with Gasteiger partial charge < -0.3 is 11.1 Å². The summed E-state index contributed by atoms with van der Waals surface area (Å²) in [5.41, 5.74) is 7.69. The van der Waals surface area contributed by atoms with E-state index in [4.69, 9.17) is 5.73 Å². The van der Waals surface area contributed by atoms with E-state index in [0.717, 1.165) is 11.5 Å². The Hall–Kier alpha value is -3.46. The first-order valence-electron chi connectivity index (χ1n) is 8.38. The highest BCUT2D eigenvalue weighted by Gasteiger charge is 2.28. The van der Waals surface area contributed by atoms with Crippen molar-refractivity contribution in [2.24, 2.45) is 5.73 Å². The number of aromatic nitrogens is 3. The predicted octanol–water partition coefficient (Wildman–Crippen LogP) is 1.30. The molecular weight excluding hydrogens is 378 g/mol. The molecule has 0 aliphatic rings. The van der Waals surface area contributed by atoms with Crippen molar-refractivity contribution < 1.29 is 14.4 Å². The Morgan fingerprint density at radius 3 is 2.64 bits per heavy atom. The van der Waals surface area contributed by atoms with E-state index in [1.807, 2.05) is 6.07 Å². The molecule has 0 fully saturated rings. The molecule has 0 aliphatic heterocycles. The summed E-state index contributed by atoms with van der Waals surface area (Å²) in [6.07, 6.45) is 4.86. The fourth-order valence-corrected chi connectivity index (χ4v) is 3.50. The van der Waals surface area contributed by atoms with Crippen molar-refractivity contribution in [1.29, 1.82) is 0 Å². The lowest BCUT2D eigenvalue weighted by atomic mass is 10.0. The van der Waals surface area contributed by atoms with Crippen molar-refractivity contribution in [1.82, 2.24) is 19.7 Å². The second-order valence-electron chi connectivity index (χ2n) is 6.01. The molecule has 9 heteroatoms. The second kappa shape index (κ2) is 8.49. The zero-order chi connectivity index (χ0) is 20.1. The van der Waals surface area contributed by atoms with Gasteiger partial charge in [0.25, 0.3) is 11.8 Å². The van der Waals surface area contributed by atoms with Crippen LogP contribution in [-0.2, 0) is 16.0 Å². The largest absolute Gasteiger partial charge is 0.363 e. The highest BCUT2D eigenvalue weighted by Crippen LogP contribution is 2.28. The first-order valence-corrected chi connectivity index (χ1v) is 9.15. The van der Waals surface area contributed by atoms with E-state index in [0.29, 0.717) is 27.4 Å². The van der Waals surface area contributed by atoms with E-state index in [9.17, 15) is 14.4 Å². The number of nitrogens with zero attached hydrogens (tertiary/aromatic N) is 3. The molecule has 0 saturated heterocycles. The normalized spacial score (nSPS) is 11.6. The molecule has 3 rings (SSSR count). The lowest BCUT2D eigenvalue weighted by Gasteiger charge is -2.16. The predicted molar refractivity (Wildman–Crippen MR) is 103 cm³/mol. The fourth-order valence-electron chi connectivity index (χ4n) is 2.70. The summed E-state index contributed by atoms with van der Waals surface area (Å²) in [5, 5.41) is 2.61. The second-order valence-corrected chi connectivity index (χ2v) is 6.78. The quantitative estimate of drug-likeness (QED) is 0.581. The van der Waals surface area contributed by atoms with Crippen LogP contribution in [0.15, 0.2) is 48.9 Å². The summed E-state index contributed by atoms with van der Waals surface area (Å²) in [7, 11) is 0. The average molecular weight is 395 g/mol. The van der Waals surface area contributed by atoms with Crippen molar-refractivity contribution in [2.45, 2.75) is 19.4 Å². The van der Waals surface area contributed by atoms with Gasteiger partial charge in [-0.25, -0.2) is 0 Å². The number of hydrogen-bond acceptors (Lipinski definition) is 7. The molecule has 28 heavy (non-hydrogen) atoms. The number of nitrogens with two attached hydrogens (primary N) is 1. The molecule has 1 atom stereocenters. The Morgan fingerprint density at radius 1 is 1.18 bits per heavy atom. The zero-order valence-electron chi connectivity index (χ0n) is 15.0. The molecule has 8 nitrogen and oxygen atoms in total. The molecule has 0 saturated carbocycles. The molecule has 3 aromatic heterocycles. The van der Waals surface area contributed by atoms with Gasteiger partial charge in [-0.1, -0.05) is 12.1 Å². The van der Waals surface area contributed by atoms with Crippen LogP contribution in [0.4, 0.5) is 0 Å². The summed E-state index contributed by atoms with van der Waals surface area (Å²) in [4.78, 5) is 45.1. The van der Waals surface area contributed by atoms with Crippen molar-refractivity contribution in [2.75, 3.05) is 0 Å². The molecule has 3 aromatic rings. The topological polar surface area (TPSA) is 128 Å². The van der Waals surface area contributed by atoms with Gasteiger partial charge in [0.1, 0.15) is 10.9 Å². The van der Waals surface area contributed by atoms with Crippen LogP contribution in [0.2, 0.25) is 0 Å². The first-order chi connectivity index (χ1) is 13.5. The van der Waals surface area contributed by atoms with Crippen LogP contribution in [0.1, 0.15) is 20.9 Å². The number of primary amides is 1. The van der Waals surface area contributed by atoms with Gasteiger partial charge in [-0.05, 0) is 42.2 Å². The van der Waals surface area contributed by atoms with Crippen LogP contribution in [0.3, 0.4) is 0 Å². The third kappa shape index (κ3) is 4.26. The van der Waals surface area contributed by atoms with E-state index in [1.165, 1.54) is 0 Å². The molecule has 0 spiro atoms. The molecule has 0 bridgehead atoms. The van der Waals surface area contributed by atoms with Gasteiger partial charge in [-0.15, -0.1) is 0 Å². The lowest BCUT2D eigenvalue weighted by molar-refractivity contribution is -0.137. The number of carbonyl (C=O) groups is 3. The van der Waals surface area contributed by atoms with Gasteiger partial charge in [0.05, 0.1) is 11.4 Å². The number of aryl methyl sites for hydroxylation is 1. The van der Waals surface area contributed by atoms with Gasteiger partial charge in [0, 0.05) is 30.6 Å². The standard InChI is InChI=1S/C19H17N5O3S/c1-11-15(13-6-2-3-8-22-13)17(28-24-11)19(27)23-14(16(25)18(20)26)9-12-5-4-7-21-10-12/h2-8,10,14H,9H2,1H3,(H2,20,26)(H,23,27). The van der Waals surface area contributed by atoms with E-state index in [1.54, 1.807) is 49.8 Å². The number of Topliss-reactive ketones (excluding diaryl/α,β-unsaturated/α-hetero) is 1. The van der Waals surface area contributed by atoms with Crippen molar-refractivity contribution in [3.63, 3.8) is 0 Å². The van der Waals surface area contributed by atoms with Crippen molar-refractivity contribution in [3.05, 3.63) is 65.1 Å². The number of amides is 2. The van der Waals surface area contributed by atoms with Crippen LogP contribution < -0.4 is 11.1 Å². The van der Waals surface area contributed by atoms with Crippen molar-refractivity contribution >= 4 is 29.1 Å². The number of rotatable bonds is 7. The number of pyridine rings is 2. The molecule has 1 unspecified atom stereocenters. The maximum Gasteiger partial charge on any atom is 0.287 e. The molecule has 3 heterocycles. The average Bonchev–Trinajstić information content (AvgIpc) is 3.09. The minimum Gasteiger partial charge on any atom is -0.363 e. The van der Waals surface area contributed by atoms with Crippen LogP contribution >= 0.6 is 11.5 Å². The lowest BCUT2D eigenvalue weighted by Crippen LogP contribution is -2.47. The summed E-state index contributed by atoms with van der Waals surface area (Å²) >= 11 is 1.01. The van der Waals surface area contributed by atoms with Crippen molar-refractivity contribution in [3.8, 4) is 11.3 Å². The van der Waals surface area contributed by atoms with Crippen LogP contribution in [0.5, 0.6) is 0 Å². The SMILES string of the molecule is Cc1nsc(C(=O)NC(Cc2cccnc2)C(=O)C(N)=O)c1-c1ccccn1. The molecular formula is C19H17N5O3S. The highest BCUT2D eigenvalue weighted by molar-refractivity contribution is 7.08. The van der Waals surface area contributed by atoms with Gasteiger partial charge in [0.2, 0.25) is 5.78 Å². The van der Waals surface area contributed by atoms with Crippen LogP contribution in [-0.4, -0.2) is 38.0 Å². The van der Waals surface area contributed by atoms with Gasteiger partial charge in [-0.3, -0.25) is 24.4 Å². The van der Waals surface area contributed by atoms with E-state index in [-0.39, 0.29) is 6.42 Å². The van der Waals surface area contributed by atoms with E-state index >= 15 is 0 Å². The zero-order valence-corrected chi connectivity index (χ0v) is 15.8. The molecule has 3 N–H and O–H groups in total. The molecule has 0 radical (unpaired) electrons. The number of hydrogen-bond donors (Lipinski definition) is 2. The van der Waals surface area contributed by atoms with Gasteiger partial charge in [-0.2, -0.15) is 4.37 Å². The fraction of sp³-hybridized carbons (Fsp3) is 0.158. The van der Waals surface area contributed by atoms with Crippen LogP contribution in [0, 0.1) is 6.92 Å². The Labute approximate surface area is 165 Å². The molecule has 2 amide bonds. The van der Waals surface area contributed by atoms with Gasteiger partial charge in [0.15, 0.2) is 0 Å². The minimum absolute atomic E-state index is 0.0953. The first kappa shape index (κ1) is 19.3. The molecule has 0 aliphatic carbocycles. The monoisotopic (exact) mass is 395 g/mol. The summed E-state index contributed by atoms with van der Waals surface area (Å²) in [6, 6.07) is 7.70. The summed E-state index contributed by atoms with van der Waals surface area (Å²) in [5.74, 6) is -2.51. The van der Waals surface area contributed by atoms with Gasteiger partial charge >= 0.3 is 0 Å². The van der Waals surface area contributed by atoms with Crippen LogP contribution in [0.25, 0.3) is 11.3 Å². The maximum atomic E-state index is 12.9. The maximum absolute atomic E-state index is 12.9. The third-order valence-corrected chi connectivity index (χ3v) is 4.95. The number of ketones is 1. The molecule has 0 aromatic carbocycles.